The summed E-state index contributed by atoms with van der Waals surface area (Å²) in [6, 6.07) is 0. The Kier molecular flexibility index (Phi) is 10.4. The van der Waals surface area contributed by atoms with Gasteiger partial charge in [0.2, 0.25) is 5.79 Å². The van der Waals surface area contributed by atoms with Crippen molar-refractivity contribution in [3.05, 3.63) is 11.3 Å². The fraction of sp³-hybridized carbons (Fsp3) is 0.815. The van der Waals surface area contributed by atoms with Crippen LogP contribution in [0, 0.1) is 11.5 Å². The molecule has 13 heteroatoms. The maximum absolute atomic E-state index is 13.9. The van der Waals surface area contributed by atoms with Crippen LogP contribution in [0.25, 0.3) is 0 Å². The summed E-state index contributed by atoms with van der Waals surface area (Å²) in [6.07, 6.45) is -1.67. The predicted octanol–water partition coefficient (Wildman–Crippen LogP) is 5.06. The van der Waals surface area contributed by atoms with Gasteiger partial charge in [0.05, 0.1) is 25.4 Å². The molecule has 0 aromatic heterocycles. The van der Waals surface area contributed by atoms with Gasteiger partial charge in [0.1, 0.15) is 32.6 Å². The highest BCUT2D eigenvalue weighted by molar-refractivity contribution is 7.48. The van der Waals surface area contributed by atoms with Gasteiger partial charge < -0.3 is 32.9 Å². The maximum Gasteiger partial charge on any atom is 0.529 e. The molecule has 0 aliphatic carbocycles. The third-order valence-electron chi connectivity index (χ3n) is 6.18. The second-order valence-corrected chi connectivity index (χ2v) is 18.2. The number of esters is 1. The molecule has 0 bridgehead atoms. The van der Waals surface area contributed by atoms with Crippen molar-refractivity contribution < 1.29 is 51.4 Å². The number of phosphoric acid groups is 1. The van der Waals surface area contributed by atoms with E-state index in [1.807, 2.05) is 0 Å². The molecule has 3 rings (SSSR count). The number of ether oxygens (including phenoxy) is 6. The first kappa shape index (κ1) is 33.2. The Morgan fingerprint density at radius 1 is 1.02 bits per heavy atom. The zero-order valence-corrected chi connectivity index (χ0v) is 27.3. The molecule has 4 atom stereocenters. The number of rotatable bonds is 10. The van der Waals surface area contributed by atoms with E-state index >= 15 is 0 Å². The van der Waals surface area contributed by atoms with E-state index in [0.29, 0.717) is 6.42 Å². The second kappa shape index (κ2) is 12.5. The summed E-state index contributed by atoms with van der Waals surface area (Å²) in [5.41, 5.74) is 3.43. The average Bonchev–Trinajstić information content (AvgIpc) is 3.29. The minimum Gasteiger partial charge on any atom is -0.450 e. The third-order valence-corrected chi connectivity index (χ3v) is 8.75. The van der Waals surface area contributed by atoms with E-state index in [9.17, 15) is 9.36 Å². The zero-order chi connectivity index (χ0) is 30.0. The van der Waals surface area contributed by atoms with Crippen molar-refractivity contribution in [2.24, 2.45) is 0 Å². The van der Waals surface area contributed by atoms with Gasteiger partial charge >= 0.3 is 13.8 Å². The highest BCUT2D eigenvalue weighted by Crippen LogP contribution is 2.52. The smallest absolute Gasteiger partial charge is 0.450 e. The molecule has 0 saturated carbocycles. The van der Waals surface area contributed by atoms with E-state index in [0.717, 1.165) is 0 Å². The molecule has 0 radical (unpaired) electrons. The lowest BCUT2D eigenvalue weighted by atomic mass is 9.96. The summed E-state index contributed by atoms with van der Waals surface area (Å²) < 4.78 is 65.8. The van der Waals surface area contributed by atoms with Crippen LogP contribution in [0.5, 0.6) is 0 Å². The van der Waals surface area contributed by atoms with E-state index in [-0.39, 0.29) is 44.2 Å². The van der Waals surface area contributed by atoms with E-state index in [1.165, 1.54) is 6.92 Å². The van der Waals surface area contributed by atoms with Crippen LogP contribution in [0.2, 0.25) is 19.6 Å². The number of fused-ring (bicyclic) bond motifs is 1. The fourth-order valence-corrected chi connectivity index (χ4v) is 6.59. The number of carbonyl (C=O) groups is 1. The van der Waals surface area contributed by atoms with Crippen LogP contribution in [0.15, 0.2) is 11.3 Å². The van der Waals surface area contributed by atoms with Gasteiger partial charge in [-0.05, 0) is 54.9 Å². The molecular weight excluding hydrogens is 559 g/mol. The predicted molar refractivity (Wildman–Crippen MR) is 149 cm³/mol. The Balaban J connectivity index is 1.95. The Hall–Kier alpha value is -1.26. The number of carbonyl (C=O) groups excluding carboxylic acids is 1. The molecule has 0 N–H and O–H groups in total. The molecule has 0 amide bonds. The summed E-state index contributed by atoms with van der Waals surface area (Å²) in [5.74, 6) is -0.811. The molecule has 1 spiro atoms. The Bertz CT molecular complexity index is 1060. The van der Waals surface area contributed by atoms with Crippen LogP contribution in [0.1, 0.15) is 61.3 Å². The molecule has 3 heterocycles. The fourth-order valence-electron chi connectivity index (χ4n) is 4.67. The van der Waals surface area contributed by atoms with Gasteiger partial charge in [-0.1, -0.05) is 19.6 Å². The third kappa shape index (κ3) is 8.40. The van der Waals surface area contributed by atoms with Gasteiger partial charge in [-0.25, -0.2) is 9.36 Å². The quantitative estimate of drug-likeness (QED) is 0.0832. The molecule has 3 saturated heterocycles. The summed E-state index contributed by atoms with van der Waals surface area (Å²) in [6.45, 7) is 18.7. The minimum atomic E-state index is -3.97. The molecular formula is C27H45O11PSi. The van der Waals surface area contributed by atoms with Crippen LogP contribution in [0.3, 0.4) is 0 Å². The Morgan fingerprint density at radius 2 is 1.68 bits per heavy atom. The van der Waals surface area contributed by atoms with Gasteiger partial charge in [-0.3, -0.25) is 9.05 Å². The van der Waals surface area contributed by atoms with Crippen LogP contribution in [-0.2, 0) is 51.4 Å². The van der Waals surface area contributed by atoms with Crippen molar-refractivity contribution in [3.63, 3.8) is 0 Å². The summed E-state index contributed by atoms with van der Waals surface area (Å²) in [4.78, 5) is 13.9. The van der Waals surface area contributed by atoms with Crippen molar-refractivity contribution >= 4 is 21.9 Å². The molecule has 0 aromatic rings. The van der Waals surface area contributed by atoms with Gasteiger partial charge in [-0.15, -0.1) is 11.5 Å². The number of phosphoric ester groups is 1. The van der Waals surface area contributed by atoms with Gasteiger partial charge in [-0.2, -0.15) is 0 Å². The second-order valence-electron chi connectivity index (χ2n) is 11.8. The van der Waals surface area contributed by atoms with Crippen LogP contribution < -0.4 is 0 Å². The summed E-state index contributed by atoms with van der Waals surface area (Å²) >= 11 is 0. The standard InChI is InChI=1S/C27H45O11PSi/c1-11-32-39(29,33-12-2)37-19(3)20(15-13-14-16-40(8,9)10)24(28)34-23-22-21(35-26(6,7)36-22)17-30-27(23)18-31-25(4,5)38-27/h21-23H,11-13,15,17-18H2,1-10H3/b20-19-/t21-,22-,23+,27+/m1/s1. The van der Waals surface area contributed by atoms with Crippen molar-refractivity contribution in [3.8, 4) is 11.5 Å². The normalized spacial score (nSPS) is 29.8. The highest BCUT2D eigenvalue weighted by Gasteiger charge is 2.64. The number of allylic oxidation sites excluding steroid dienone is 1. The zero-order valence-electron chi connectivity index (χ0n) is 25.4. The van der Waals surface area contributed by atoms with Gasteiger partial charge in [0, 0.05) is 6.42 Å². The number of hydrogen-bond acceptors (Lipinski definition) is 11. The highest BCUT2D eigenvalue weighted by atomic mass is 31.2. The monoisotopic (exact) mass is 604 g/mol. The number of hydrogen-bond donors (Lipinski definition) is 0. The molecule has 3 aliphatic heterocycles. The first-order valence-corrected chi connectivity index (χ1v) is 18.7. The molecule has 0 aromatic carbocycles. The average molecular weight is 605 g/mol. The molecule has 228 valence electrons. The minimum absolute atomic E-state index is 0.0189. The SMILES string of the molecule is CCOP(=O)(OCC)O/C(C)=C(/CCC#C[Si](C)(C)C)C(=O)O[C@H]1[C@@H]2OC(C)(C)O[C@@H]2CO[C@]12COC(C)(C)O2. The van der Waals surface area contributed by atoms with Crippen LogP contribution >= 0.6 is 7.82 Å². The topological polar surface area (TPSA) is 117 Å². The van der Waals surface area contributed by atoms with Crippen LogP contribution in [0.4, 0.5) is 0 Å². The molecule has 3 aliphatic rings. The lowest BCUT2D eigenvalue weighted by Crippen LogP contribution is -2.63. The van der Waals surface area contributed by atoms with Gasteiger partial charge in [0.15, 0.2) is 17.7 Å². The Morgan fingerprint density at radius 3 is 2.23 bits per heavy atom. The van der Waals surface area contributed by atoms with Crippen molar-refractivity contribution in [1.82, 2.24) is 0 Å². The van der Waals surface area contributed by atoms with Gasteiger partial charge in [0.25, 0.3) is 0 Å². The van der Waals surface area contributed by atoms with E-state index < -0.39 is 57.5 Å². The van der Waals surface area contributed by atoms with Crippen molar-refractivity contribution in [2.75, 3.05) is 26.4 Å². The van der Waals surface area contributed by atoms with Crippen molar-refractivity contribution in [1.29, 1.82) is 0 Å². The maximum atomic E-state index is 13.9. The largest absolute Gasteiger partial charge is 0.529 e. The summed E-state index contributed by atoms with van der Waals surface area (Å²) in [5, 5.41) is 0. The summed E-state index contributed by atoms with van der Waals surface area (Å²) in [7, 11) is -5.59. The molecule has 3 fully saturated rings. The van der Waals surface area contributed by atoms with E-state index in [4.69, 9.17) is 42.0 Å². The van der Waals surface area contributed by atoms with Crippen LogP contribution in [-0.4, -0.2) is 76.1 Å². The first-order valence-electron chi connectivity index (χ1n) is 13.8. The molecule has 40 heavy (non-hydrogen) atoms. The Labute approximate surface area is 239 Å². The van der Waals surface area contributed by atoms with Crippen molar-refractivity contribution in [2.45, 2.75) is 117 Å². The lowest BCUT2D eigenvalue weighted by molar-refractivity contribution is -0.328. The van der Waals surface area contributed by atoms with E-state index in [1.54, 1.807) is 41.5 Å². The molecule has 11 nitrogen and oxygen atoms in total. The molecule has 0 unspecified atom stereocenters. The lowest BCUT2D eigenvalue weighted by Gasteiger charge is -2.43. The van der Waals surface area contributed by atoms with E-state index in [2.05, 4.69) is 31.1 Å². The first-order chi connectivity index (χ1) is 18.4.